The third kappa shape index (κ3) is 2.94. The van der Waals surface area contributed by atoms with Crippen LogP contribution < -0.4 is 10.6 Å². The Labute approximate surface area is 92.0 Å². The van der Waals surface area contributed by atoms with Gasteiger partial charge in [-0.15, -0.1) is 0 Å². The second-order valence-corrected chi connectivity index (χ2v) is 5.21. The van der Waals surface area contributed by atoms with Crippen molar-refractivity contribution in [3.8, 4) is 0 Å². The molecule has 1 unspecified atom stereocenters. The minimum Gasteiger partial charge on any atom is -0.353 e. The molecule has 1 heterocycles. The molecular formula is C12H22N2O. The maximum absolute atomic E-state index is 11.9. The molecule has 1 saturated heterocycles. The van der Waals surface area contributed by atoms with Crippen LogP contribution in [0.15, 0.2) is 0 Å². The van der Waals surface area contributed by atoms with Gasteiger partial charge in [0.1, 0.15) is 0 Å². The van der Waals surface area contributed by atoms with Gasteiger partial charge in [-0.2, -0.15) is 0 Å². The number of hydrogen-bond acceptors (Lipinski definition) is 2. The Morgan fingerprint density at radius 3 is 2.73 bits per heavy atom. The Morgan fingerprint density at radius 1 is 1.40 bits per heavy atom. The summed E-state index contributed by atoms with van der Waals surface area (Å²) in [5, 5.41) is 6.54. The predicted octanol–water partition coefficient (Wildman–Crippen LogP) is 1.29. The van der Waals surface area contributed by atoms with E-state index in [4.69, 9.17) is 0 Å². The fraction of sp³-hybridized carbons (Fsp3) is 0.917. The summed E-state index contributed by atoms with van der Waals surface area (Å²) in [5.74, 6) is 1.28. The van der Waals surface area contributed by atoms with Gasteiger partial charge < -0.3 is 10.6 Å². The fourth-order valence-corrected chi connectivity index (χ4v) is 2.43. The fourth-order valence-electron chi connectivity index (χ4n) is 2.43. The third-order valence-electron chi connectivity index (χ3n) is 3.69. The first-order valence-corrected chi connectivity index (χ1v) is 6.20. The maximum atomic E-state index is 11.9. The summed E-state index contributed by atoms with van der Waals surface area (Å²) in [6, 6.07) is 0.883. The maximum Gasteiger partial charge on any atom is 0.223 e. The Morgan fingerprint density at radius 2 is 2.13 bits per heavy atom. The topological polar surface area (TPSA) is 41.1 Å². The molecular weight excluding hydrogens is 188 g/mol. The van der Waals surface area contributed by atoms with Crippen LogP contribution in [0.3, 0.4) is 0 Å². The van der Waals surface area contributed by atoms with Crippen molar-refractivity contribution in [3.63, 3.8) is 0 Å². The van der Waals surface area contributed by atoms with E-state index >= 15 is 0 Å². The van der Waals surface area contributed by atoms with Crippen molar-refractivity contribution in [1.82, 2.24) is 10.6 Å². The minimum atomic E-state index is 0.238. The van der Waals surface area contributed by atoms with Crippen LogP contribution in [-0.4, -0.2) is 24.5 Å². The largest absolute Gasteiger partial charge is 0.353 e. The van der Waals surface area contributed by atoms with E-state index in [2.05, 4.69) is 24.5 Å². The Hall–Kier alpha value is -0.570. The molecule has 1 aliphatic carbocycles. The second kappa shape index (κ2) is 4.52. The standard InChI is InChI=1S/C12H22N2O/c1-8-7-11(5-6-13-8)12(15)14-9(2)10-3-4-10/h8-11,13H,3-7H2,1-2H3,(H,14,15)/t8-,9?,11-/m0/s1. The molecule has 2 N–H and O–H groups in total. The Balaban J connectivity index is 1.78. The molecule has 2 fully saturated rings. The van der Waals surface area contributed by atoms with Crippen molar-refractivity contribution in [2.75, 3.05) is 6.54 Å². The van der Waals surface area contributed by atoms with Crippen LogP contribution in [0.4, 0.5) is 0 Å². The first-order chi connectivity index (χ1) is 7.16. The molecule has 0 aromatic heterocycles. The molecule has 1 saturated carbocycles. The van der Waals surface area contributed by atoms with E-state index in [0.717, 1.165) is 25.3 Å². The molecule has 0 spiro atoms. The minimum absolute atomic E-state index is 0.238. The molecule has 0 aromatic rings. The zero-order valence-electron chi connectivity index (χ0n) is 9.75. The molecule has 3 atom stereocenters. The Bertz CT molecular complexity index is 238. The van der Waals surface area contributed by atoms with Gasteiger partial charge >= 0.3 is 0 Å². The lowest BCUT2D eigenvalue weighted by atomic mass is 9.92. The van der Waals surface area contributed by atoms with Gasteiger partial charge in [0.2, 0.25) is 5.91 Å². The van der Waals surface area contributed by atoms with Crippen molar-refractivity contribution in [3.05, 3.63) is 0 Å². The van der Waals surface area contributed by atoms with Crippen LogP contribution in [0.2, 0.25) is 0 Å². The van der Waals surface area contributed by atoms with Gasteiger partial charge in [0.15, 0.2) is 0 Å². The van der Waals surface area contributed by atoms with Crippen LogP contribution in [0, 0.1) is 11.8 Å². The van der Waals surface area contributed by atoms with Crippen molar-refractivity contribution in [1.29, 1.82) is 0 Å². The van der Waals surface area contributed by atoms with Crippen LogP contribution in [0.25, 0.3) is 0 Å². The summed E-state index contributed by atoms with van der Waals surface area (Å²) in [5.41, 5.74) is 0. The molecule has 15 heavy (non-hydrogen) atoms. The summed E-state index contributed by atoms with van der Waals surface area (Å²) >= 11 is 0. The number of carbonyl (C=O) groups is 1. The summed E-state index contributed by atoms with van der Waals surface area (Å²) in [7, 11) is 0. The average molecular weight is 210 g/mol. The molecule has 2 aliphatic rings. The molecule has 2 rings (SSSR count). The number of hydrogen-bond donors (Lipinski definition) is 2. The van der Waals surface area contributed by atoms with E-state index in [1.807, 2.05) is 0 Å². The van der Waals surface area contributed by atoms with Crippen LogP contribution in [0.1, 0.15) is 39.5 Å². The molecule has 3 heteroatoms. The molecule has 86 valence electrons. The average Bonchev–Trinajstić information content (AvgIpc) is 3.00. The lowest BCUT2D eigenvalue weighted by Crippen LogP contribution is -2.45. The number of amides is 1. The molecule has 0 aromatic carbocycles. The summed E-state index contributed by atoms with van der Waals surface area (Å²) in [6.45, 7) is 5.28. The first kappa shape index (κ1) is 10.9. The highest BCUT2D eigenvalue weighted by atomic mass is 16.1. The number of rotatable bonds is 3. The van der Waals surface area contributed by atoms with Gasteiger partial charge in [-0.05, 0) is 52.0 Å². The van der Waals surface area contributed by atoms with E-state index in [-0.39, 0.29) is 11.8 Å². The van der Waals surface area contributed by atoms with Crippen molar-refractivity contribution in [2.45, 2.75) is 51.6 Å². The van der Waals surface area contributed by atoms with Crippen molar-refractivity contribution in [2.24, 2.45) is 11.8 Å². The zero-order chi connectivity index (χ0) is 10.8. The van der Waals surface area contributed by atoms with E-state index in [1.54, 1.807) is 0 Å². The lowest BCUT2D eigenvalue weighted by Gasteiger charge is -2.28. The third-order valence-corrected chi connectivity index (χ3v) is 3.69. The second-order valence-electron chi connectivity index (χ2n) is 5.21. The van der Waals surface area contributed by atoms with Crippen LogP contribution in [0.5, 0.6) is 0 Å². The Kier molecular flexibility index (Phi) is 3.29. The highest BCUT2D eigenvalue weighted by molar-refractivity contribution is 5.79. The van der Waals surface area contributed by atoms with Gasteiger partial charge in [0.25, 0.3) is 0 Å². The highest BCUT2D eigenvalue weighted by Gasteiger charge is 2.31. The monoisotopic (exact) mass is 210 g/mol. The van der Waals surface area contributed by atoms with Crippen LogP contribution >= 0.6 is 0 Å². The lowest BCUT2D eigenvalue weighted by molar-refractivity contribution is -0.126. The summed E-state index contributed by atoms with van der Waals surface area (Å²) in [6.07, 6.45) is 4.57. The van der Waals surface area contributed by atoms with E-state index in [9.17, 15) is 4.79 Å². The quantitative estimate of drug-likeness (QED) is 0.737. The summed E-state index contributed by atoms with van der Waals surface area (Å²) < 4.78 is 0. The molecule has 1 amide bonds. The SMILES string of the molecule is CC(NC(=O)[C@H]1CCN[C@@H](C)C1)C1CC1. The van der Waals surface area contributed by atoms with Gasteiger partial charge in [-0.1, -0.05) is 0 Å². The zero-order valence-corrected chi connectivity index (χ0v) is 9.75. The molecule has 0 bridgehead atoms. The van der Waals surface area contributed by atoms with Crippen molar-refractivity contribution < 1.29 is 4.79 Å². The van der Waals surface area contributed by atoms with E-state index < -0.39 is 0 Å². The predicted molar refractivity (Wildman–Crippen MR) is 60.5 cm³/mol. The number of carbonyl (C=O) groups excluding carboxylic acids is 1. The molecule has 3 nitrogen and oxygen atoms in total. The van der Waals surface area contributed by atoms with E-state index in [1.165, 1.54) is 12.8 Å². The van der Waals surface area contributed by atoms with Crippen LogP contribution in [-0.2, 0) is 4.79 Å². The van der Waals surface area contributed by atoms with Gasteiger partial charge in [0.05, 0.1) is 0 Å². The van der Waals surface area contributed by atoms with Gasteiger partial charge in [-0.25, -0.2) is 0 Å². The van der Waals surface area contributed by atoms with E-state index in [0.29, 0.717) is 12.1 Å². The summed E-state index contributed by atoms with van der Waals surface area (Å²) in [4.78, 5) is 11.9. The highest BCUT2D eigenvalue weighted by Crippen LogP contribution is 2.32. The first-order valence-electron chi connectivity index (χ1n) is 6.20. The van der Waals surface area contributed by atoms with Gasteiger partial charge in [0, 0.05) is 18.0 Å². The number of piperidine rings is 1. The molecule has 0 radical (unpaired) electrons. The van der Waals surface area contributed by atoms with Gasteiger partial charge in [-0.3, -0.25) is 4.79 Å². The normalized spacial score (nSPS) is 33.5. The number of nitrogens with one attached hydrogen (secondary N) is 2. The smallest absolute Gasteiger partial charge is 0.223 e. The molecule has 1 aliphatic heterocycles. The van der Waals surface area contributed by atoms with Crippen molar-refractivity contribution >= 4 is 5.91 Å².